The Kier molecular flexibility index (Phi) is 3.64. The second-order valence-electron chi connectivity index (χ2n) is 4.57. The molecule has 1 aromatic carbocycles. The van der Waals surface area contributed by atoms with Gasteiger partial charge in [0, 0.05) is 25.9 Å². The first-order chi connectivity index (χ1) is 9.00. The number of rotatable bonds is 3. The molecule has 0 aliphatic carbocycles. The molecule has 19 heavy (non-hydrogen) atoms. The summed E-state index contributed by atoms with van der Waals surface area (Å²) in [5, 5.41) is 4.27. The number of hydrogen-bond acceptors (Lipinski definition) is 2. The second kappa shape index (κ2) is 5.22. The summed E-state index contributed by atoms with van der Waals surface area (Å²) in [7, 11) is 3.39. The van der Waals surface area contributed by atoms with Gasteiger partial charge < -0.3 is 4.90 Å². The number of likely N-dealkylation sites (N-methyl/N-ethyl adjacent to an activating group) is 1. The molecule has 0 N–H and O–H groups in total. The number of aromatic nitrogens is 2. The van der Waals surface area contributed by atoms with E-state index in [1.807, 2.05) is 0 Å². The molecule has 0 bridgehead atoms. The van der Waals surface area contributed by atoms with Gasteiger partial charge in [-0.25, -0.2) is 4.39 Å². The maximum atomic E-state index is 13.6. The normalized spacial score (nSPS) is 12.2. The first-order valence-corrected chi connectivity index (χ1v) is 6.02. The minimum absolute atomic E-state index is 0.0526. The lowest BCUT2D eigenvalue weighted by Gasteiger charge is -2.16. The Hall–Kier alpha value is -2.17. The van der Waals surface area contributed by atoms with Gasteiger partial charge in [0.1, 0.15) is 11.9 Å². The lowest BCUT2D eigenvalue weighted by molar-refractivity contribution is -0.131. The smallest absolute Gasteiger partial charge is 0.246 e. The van der Waals surface area contributed by atoms with Gasteiger partial charge in [-0.3, -0.25) is 9.48 Å². The first kappa shape index (κ1) is 13.3. The molecule has 2 rings (SSSR count). The summed E-state index contributed by atoms with van der Waals surface area (Å²) < 4.78 is 15.2. The highest BCUT2D eigenvalue weighted by Crippen LogP contribution is 2.21. The lowest BCUT2D eigenvalue weighted by Crippen LogP contribution is -2.30. The highest BCUT2D eigenvalue weighted by molar-refractivity contribution is 5.79. The fourth-order valence-electron chi connectivity index (χ4n) is 1.85. The van der Waals surface area contributed by atoms with Crippen LogP contribution in [0.1, 0.15) is 13.0 Å². The standard InChI is InChI=1S/C14H16FN3O/c1-10(14(19)17(2)3)18-9-8-13(16-18)11-6-4-5-7-12(11)15/h4-10H,1-3H3. The largest absolute Gasteiger partial charge is 0.347 e. The molecule has 100 valence electrons. The van der Waals surface area contributed by atoms with Crippen LogP contribution in [0.3, 0.4) is 0 Å². The Morgan fingerprint density at radius 1 is 1.32 bits per heavy atom. The molecule has 0 aliphatic heterocycles. The van der Waals surface area contributed by atoms with Crippen molar-refractivity contribution in [2.45, 2.75) is 13.0 Å². The second-order valence-corrected chi connectivity index (χ2v) is 4.57. The third-order valence-corrected chi connectivity index (χ3v) is 2.95. The average Bonchev–Trinajstić information content (AvgIpc) is 2.86. The van der Waals surface area contributed by atoms with Crippen LogP contribution in [0.15, 0.2) is 36.5 Å². The van der Waals surface area contributed by atoms with Crippen LogP contribution in [0.4, 0.5) is 4.39 Å². The molecule has 1 unspecified atom stereocenters. The molecule has 1 heterocycles. The fourth-order valence-corrected chi connectivity index (χ4v) is 1.85. The Bertz CT molecular complexity index is 592. The molecular formula is C14H16FN3O. The van der Waals surface area contributed by atoms with E-state index in [1.54, 1.807) is 56.2 Å². The number of benzene rings is 1. The Morgan fingerprint density at radius 2 is 2.00 bits per heavy atom. The molecular weight excluding hydrogens is 245 g/mol. The van der Waals surface area contributed by atoms with E-state index >= 15 is 0 Å². The third kappa shape index (κ3) is 2.65. The van der Waals surface area contributed by atoms with Crippen LogP contribution in [0.25, 0.3) is 11.3 Å². The van der Waals surface area contributed by atoms with E-state index in [9.17, 15) is 9.18 Å². The zero-order valence-corrected chi connectivity index (χ0v) is 11.2. The van der Waals surface area contributed by atoms with Gasteiger partial charge in [-0.15, -0.1) is 0 Å². The molecule has 5 heteroatoms. The predicted octanol–water partition coefficient (Wildman–Crippen LogP) is 2.34. The van der Waals surface area contributed by atoms with E-state index in [4.69, 9.17) is 0 Å². The van der Waals surface area contributed by atoms with Crippen LogP contribution >= 0.6 is 0 Å². The highest BCUT2D eigenvalue weighted by atomic mass is 19.1. The van der Waals surface area contributed by atoms with Gasteiger partial charge in [-0.2, -0.15) is 5.10 Å². The van der Waals surface area contributed by atoms with Crippen molar-refractivity contribution in [1.29, 1.82) is 0 Å². The van der Waals surface area contributed by atoms with Crippen molar-refractivity contribution in [3.63, 3.8) is 0 Å². The SMILES string of the molecule is CC(C(=O)N(C)C)n1ccc(-c2ccccc2F)n1. The van der Waals surface area contributed by atoms with Gasteiger partial charge >= 0.3 is 0 Å². The van der Waals surface area contributed by atoms with Crippen molar-refractivity contribution < 1.29 is 9.18 Å². The average molecular weight is 261 g/mol. The van der Waals surface area contributed by atoms with Gasteiger partial charge in [0.05, 0.1) is 5.69 Å². The van der Waals surface area contributed by atoms with E-state index in [0.717, 1.165) is 0 Å². The molecule has 1 atom stereocenters. The van der Waals surface area contributed by atoms with Crippen LogP contribution < -0.4 is 0 Å². The van der Waals surface area contributed by atoms with Crippen LogP contribution in [0.5, 0.6) is 0 Å². The molecule has 4 nitrogen and oxygen atoms in total. The highest BCUT2D eigenvalue weighted by Gasteiger charge is 2.18. The van der Waals surface area contributed by atoms with Crippen LogP contribution in [0.2, 0.25) is 0 Å². The molecule has 0 saturated heterocycles. The number of carbonyl (C=O) groups is 1. The van der Waals surface area contributed by atoms with Crippen molar-refractivity contribution in [3.05, 3.63) is 42.3 Å². The summed E-state index contributed by atoms with van der Waals surface area (Å²) in [5.41, 5.74) is 0.960. The summed E-state index contributed by atoms with van der Waals surface area (Å²) in [4.78, 5) is 13.4. The van der Waals surface area contributed by atoms with Gasteiger partial charge in [-0.1, -0.05) is 12.1 Å². The van der Waals surface area contributed by atoms with E-state index in [1.165, 1.54) is 11.0 Å². The maximum absolute atomic E-state index is 13.6. The summed E-state index contributed by atoms with van der Waals surface area (Å²) >= 11 is 0. The predicted molar refractivity (Wildman–Crippen MR) is 71.0 cm³/mol. The van der Waals surface area contributed by atoms with Gasteiger partial charge in [0.15, 0.2) is 0 Å². The monoisotopic (exact) mass is 261 g/mol. The Balaban J connectivity index is 2.30. The minimum Gasteiger partial charge on any atom is -0.347 e. The zero-order chi connectivity index (χ0) is 14.0. The quantitative estimate of drug-likeness (QED) is 0.850. The number of halogens is 1. The first-order valence-electron chi connectivity index (χ1n) is 6.02. The molecule has 0 spiro atoms. The number of amides is 1. The van der Waals surface area contributed by atoms with Crippen molar-refractivity contribution in [3.8, 4) is 11.3 Å². The van der Waals surface area contributed by atoms with Gasteiger partial charge in [0.2, 0.25) is 5.91 Å². The van der Waals surface area contributed by atoms with E-state index < -0.39 is 6.04 Å². The lowest BCUT2D eigenvalue weighted by atomic mass is 10.1. The van der Waals surface area contributed by atoms with E-state index in [2.05, 4.69) is 5.10 Å². The summed E-state index contributed by atoms with van der Waals surface area (Å²) in [5.74, 6) is -0.373. The zero-order valence-electron chi connectivity index (χ0n) is 11.2. The minimum atomic E-state index is -0.407. The van der Waals surface area contributed by atoms with E-state index in [-0.39, 0.29) is 11.7 Å². The van der Waals surface area contributed by atoms with Gasteiger partial charge in [-0.05, 0) is 25.1 Å². The van der Waals surface area contributed by atoms with Crippen molar-refractivity contribution in [1.82, 2.24) is 14.7 Å². The molecule has 0 aliphatic rings. The Labute approximate surface area is 111 Å². The van der Waals surface area contributed by atoms with E-state index in [0.29, 0.717) is 11.3 Å². The summed E-state index contributed by atoms with van der Waals surface area (Å²) in [6, 6.07) is 7.75. The number of carbonyl (C=O) groups excluding carboxylic acids is 1. The van der Waals surface area contributed by atoms with Crippen LogP contribution in [-0.4, -0.2) is 34.7 Å². The number of nitrogens with zero attached hydrogens (tertiary/aromatic N) is 3. The molecule has 2 aromatic rings. The van der Waals surface area contributed by atoms with Crippen molar-refractivity contribution in [2.24, 2.45) is 0 Å². The van der Waals surface area contributed by atoms with Crippen LogP contribution in [-0.2, 0) is 4.79 Å². The molecule has 1 aromatic heterocycles. The molecule has 0 radical (unpaired) electrons. The van der Waals surface area contributed by atoms with Crippen molar-refractivity contribution >= 4 is 5.91 Å². The molecule has 0 saturated carbocycles. The fraction of sp³-hybridized carbons (Fsp3) is 0.286. The third-order valence-electron chi connectivity index (χ3n) is 2.95. The molecule has 0 fully saturated rings. The van der Waals surface area contributed by atoms with Crippen LogP contribution in [0, 0.1) is 5.82 Å². The van der Waals surface area contributed by atoms with Crippen molar-refractivity contribution in [2.75, 3.05) is 14.1 Å². The summed E-state index contributed by atoms with van der Waals surface area (Å²) in [6.07, 6.45) is 1.69. The van der Waals surface area contributed by atoms with Gasteiger partial charge in [0.25, 0.3) is 0 Å². The maximum Gasteiger partial charge on any atom is 0.246 e. The topological polar surface area (TPSA) is 38.1 Å². The number of hydrogen-bond donors (Lipinski definition) is 0. The summed E-state index contributed by atoms with van der Waals surface area (Å²) in [6.45, 7) is 1.76. The molecule has 1 amide bonds. The Morgan fingerprint density at radius 3 is 2.63 bits per heavy atom.